The Morgan fingerprint density at radius 3 is 1.17 bits per heavy atom. The van der Waals surface area contributed by atoms with Crippen LogP contribution in [0.3, 0.4) is 0 Å². The van der Waals surface area contributed by atoms with Crippen molar-refractivity contribution in [2.45, 2.75) is 49.9 Å². The lowest BCUT2D eigenvalue weighted by Crippen LogP contribution is -2.33. The van der Waals surface area contributed by atoms with Gasteiger partial charge in [-0.2, -0.15) is 36.5 Å². The number of halogens is 5. The Bertz CT molecular complexity index is 585. The van der Waals surface area contributed by atoms with Gasteiger partial charge in [0.05, 0.1) is 39.6 Å². The van der Waals surface area contributed by atoms with E-state index in [0.717, 1.165) is 44.3 Å². The molecule has 0 amide bonds. The maximum atomic E-state index is 6.17. The van der Waals surface area contributed by atoms with Gasteiger partial charge in [-0.05, 0) is 31.6 Å². The molecular formula is C19H45B5I5O7P5. The van der Waals surface area contributed by atoms with Crippen LogP contribution in [0, 0.1) is 0 Å². The molecule has 238 valence electrons. The van der Waals surface area contributed by atoms with Crippen LogP contribution < -0.4 is 0 Å². The van der Waals surface area contributed by atoms with Crippen molar-refractivity contribution in [2.24, 2.45) is 0 Å². The largest absolute Gasteiger partial charge is 0.379 e. The predicted octanol–water partition coefficient (Wildman–Crippen LogP) is 6.20. The molecule has 8 unspecified atom stereocenters. The Labute approximate surface area is 329 Å². The Morgan fingerprint density at radius 2 is 0.829 bits per heavy atom. The molecule has 22 heteroatoms. The van der Waals surface area contributed by atoms with E-state index in [1.54, 1.807) is 0 Å². The minimum Gasteiger partial charge on any atom is -0.379 e. The Balaban J connectivity index is 4.83. The first-order chi connectivity index (χ1) is 19.6. The van der Waals surface area contributed by atoms with E-state index in [9.17, 15) is 0 Å². The van der Waals surface area contributed by atoms with Gasteiger partial charge in [-0.15, -0.1) is 89.5 Å². The summed E-state index contributed by atoms with van der Waals surface area (Å²) >= 11 is 12.0. The number of hydrogen-bond donors (Lipinski definition) is 0. The van der Waals surface area contributed by atoms with E-state index >= 15 is 0 Å². The molecule has 7 nitrogen and oxygen atoms in total. The van der Waals surface area contributed by atoms with Crippen LogP contribution in [0.2, 0.25) is 31.6 Å². The van der Waals surface area contributed by atoms with Crippen LogP contribution in [-0.2, 0) is 33.2 Å². The molecule has 0 aromatic heterocycles. The second kappa shape index (κ2) is 34.3. The molecule has 41 heavy (non-hydrogen) atoms. The van der Waals surface area contributed by atoms with E-state index in [-0.39, 0.29) is 18.3 Å². The zero-order chi connectivity index (χ0) is 30.7. The van der Waals surface area contributed by atoms with E-state index in [4.69, 9.17) is 33.2 Å². The fourth-order valence-electron chi connectivity index (χ4n) is 3.00. The van der Waals surface area contributed by atoms with Gasteiger partial charge >= 0.3 is 0 Å². The second-order valence-electron chi connectivity index (χ2n) is 9.16. The molecule has 0 saturated carbocycles. The average Bonchev–Trinajstić information content (AvgIpc) is 2.89. The minimum atomic E-state index is -0.170. The predicted molar refractivity (Wildman–Crippen MR) is 244 cm³/mol. The lowest BCUT2D eigenvalue weighted by molar-refractivity contribution is -0.105. The number of hydrogen-bond acceptors (Lipinski definition) is 7. The van der Waals surface area contributed by atoms with Crippen molar-refractivity contribution in [2.75, 3.05) is 72.7 Å². The van der Waals surface area contributed by atoms with Gasteiger partial charge in [0.1, 0.15) is 18.3 Å². The topological polar surface area (TPSA) is 64.6 Å². The van der Waals surface area contributed by atoms with Crippen LogP contribution in [0.5, 0.6) is 0 Å². The van der Waals surface area contributed by atoms with Gasteiger partial charge in [-0.1, -0.05) is 28.1 Å². The average molecular weight is 1230 g/mol. The van der Waals surface area contributed by atoms with Crippen molar-refractivity contribution in [3.05, 3.63) is 0 Å². The monoisotopic (exact) mass is 1230 g/mol. The zero-order valence-corrected chi connectivity index (χ0v) is 40.0. The summed E-state index contributed by atoms with van der Waals surface area (Å²) in [5.74, 6) is 0. The van der Waals surface area contributed by atoms with Crippen molar-refractivity contribution in [3.63, 3.8) is 0 Å². The third-order valence-corrected chi connectivity index (χ3v) is 11.1. The molecule has 0 aliphatic carbocycles. The summed E-state index contributed by atoms with van der Waals surface area (Å²) in [7, 11) is 11.2. The summed E-state index contributed by atoms with van der Waals surface area (Å²) in [6, 6.07) is 0. The minimum absolute atomic E-state index is 0.0958. The van der Waals surface area contributed by atoms with Crippen LogP contribution in [0.15, 0.2) is 0 Å². The normalized spacial score (nSPS) is 13.9. The summed E-state index contributed by atoms with van der Waals surface area (Å²) in [5.41, 5.74) is 0. The van der Waals surface area contributed by atoms with Gasteiger partial charge in [0.2, 0.25) is 17.2 Å². The first-order valence-electron chi connectivity index (χ1n) is 13.7. The number of rotatable bonds is 31. The zero-order valence-electron chi connectivity index (χ0n) is 23.6. The van der Waals surface area contributed by atoms with Gasteiger partial charge in [-0.3, -0.25) is 0 Å². The molecule has 0 fully saturated rings. The summed E-state index contributed by atoms with van der Waals surface area (Å²) in [4.78, 5) is 0. The first-order valence-corrected chi connectivity index (χ1v) is 25.7. The molecule has 0 aromatic carbocycles. The summed E-state index contributed by atoms with van der Waals surface area (Å²) in [5, 5.41) is 0. The summed E-state index contributed by atoms with van der Waals surface area (Å²) in [6.45, 7) is 7.56. The Kier molecular flexibility index (Phi) is 39.2. The van der Waals surface area contributed by atoms with E-state index in [1.807, 2.05) is 0 Å². The van der Waals surface area contributed by atoms with E-state index in [1.165, 1.54) is 7.00 Å². The summed E-state index contributed by atoms with van der Waals surface area (Å²) < 4.78 is 44.3. The van der Waals surface area contributed by atoms with Crippen LogP contribution in [-0.4, -0.2) is 115 Å². The lowest BCUT2D eigenvalue weighted by Gasteiger charge is -2.23. The third-order valence-electron chi connectivity index (χ3n) is 5.16. The van der Waals surface area contributed by atoms with Gasteiger partial charge in [0.25, 0.3) is 0 Å². The molecular weight excluding hydrogens is 1180 g/mol. The molecule has 8 atom stereocenters. The molecule has 0 bridgehead atoms. The number of ether oxygens (including phenoxy) is 7. The molecule has 0 rings (SSSR count). The van der Waals surface area contributed by atoms with Crippen molar-refractivity contribution in [1.82, 2.24) is 0 Å². The van der Waals surface area contributed by atoms with Gasteiger partial charge < -0.3 is 33.2 Å². The van der Waals surface area contributed by atoms with Crippen LogP contribution in [0.1, 0.15) is 0 Å². The Morgan fingerprint density at radius 1 is 0.512 bits per heavy atom. The highest BCUT2D eigenvalue weighted by atomic mass is 127. The SMILES string of the molecule is PB(I)CCOCC(COCC(COCC(COCCBPI)OCCB(P)I)OCCB(P)I)OCCB(P)I. The van der Waals surface area contributed by atoms with Gasteiger partial charge in [0.15, 0.2) is 7.00 Å². The van der Waals surface area contributed by atoms with Crippen molar-refractivity contribution in [1.29, 1.82) is 0 Å². The van der Waals surface area contributed by atoms with Crippen LogP contribution >= 0.6 is 154 Å². The highest BCUT2D eigenvalue weighted by Gasteiger charge is 2.18. The van der Waals surface area contributed by atoms with Gasteiger partial charge in [-0.25, -0.2) is 0 Å². The second-order valence-corrected chi connectivity index (χ2v) is 27.3. The van der Waals surface area contributed by atoms with Crippen LogP contribution in [0.4, 0.5) is 0 Å². The van der Waals surface area contributed by atoms with Crippen molar-refractivity contribution >= 4 is 178 Å². The van der Waals surface area contributed by atoms with Crippen molar-refractivity contribution < 1.29 is 33.2 Å². The quantitative estimate of drug-likeness (QED) is 0.0355. The molecule has 0 spiro atoms. The molecule has 0 N–H and O–H groups in total. The smallest absolute Gasteiger partial charge is 0.241 e. The summed E-state index contributed by atoms with van der Waals surface area (Å²) in [6.07, 6.45) is 5.53. The van der Waals surface area contributed by atoms with Gasteiger partial charge in [0, 0.05) is 33.0 Å². The maximum Gasteiger partial charge on any atom is 0.241 e. The highest BCUT2D eigenvalue weighted by molar-refractivity contribution is 14.2. The molecule has 0 radical (unpaired) electrons. The molecule has 0 aromatic rings. The first kappa shape index (κ1) is 46.8. The molecule has 0 aliphatic heterocycles. The van der Waals surface area contributed by atoms with Crippen molar-refractivity contribution in [3.8, 4) is 0 Å². The maximum absolute atomic E-state index is 6.17. The molecule has 0 saturated heterocycles. The molecule has 0 aliphatic rings. The fraction of sp³-hybridized carbons (Fsp3) is 1.00. The highest BCUT2D eigenvalue weighted by Crippen LogP contribution is 2.19. The van der Waals surface area contributed by atoms with E-state index in [2.05, 4.69) is 148 Å². The van der Waals surface area contributed by atoms with Crippen LogP contribution in [0.25, 0.3) is 0 Å². The van der Waals surface area contributed by atoms with E-state index < -0.39 is 0 Å². The fourth-order valence-corrected chi connectivity index (χ4v) is 5.99. The Hall–Kier alpha value is 5.84. The molecule has 0 heterocycles. The van der Waals surface area contributed by atoms with E-state index in [0.29, 0.717) is 83.2 Å². The lowest BCUT2D eigenvalue weighted by atomic mass is 10.0. The standard InChI is InChI=1S/C19H45B5I5O7P5/c25-21(37)2-7-31-12-18(35-9-4-23(27)39)14-33-16-19(36-10-5-24(28)40)15-32-13-17(34-8-3-22(26)38)11-30-6-1-20-41-29/h17-20,41H,1-16,37-40H2. The third kappa shape index (κ3) is 35.5.